The summed E-state index contributed by atoms with van der Waals surface area (Å²) >= 11 is 5.76. The molecule has 2 N–H and O–H groups in total. The Morgan fingerprint density at radius 3 is 2.10 bits per heavy atom. The van der Waals surface area contributed by atoms with E-state index in [0.717, 1.165) is 12.1 Å². The van der Waals surface area contributed by atoms with Crippen molar-refractivity contribution in [3.63, 3.8) is 0 Å². The zero-order valence-corrected chi connectivity index (χ0v) is 11.8. The molecule has 1 atom stereocenters. The first-order valence-electron chi connectivity index (χ1n) is 5.56. The predicted octanol–water partition coefficient (Wildman–Crippen LogP) is 4.83. The van der Waals surface area contributed by atoms with Crippen molar-refractivity contribution in [3.05, 3.63) is 70.2 Å². The number of alkyl halides is 3. The minimum atomic E-state index is -4.37. The first-order valence-corrected chi connectivity index (χ1v) is 5.94. The maximum atomic E-state index is 12.6. The van der Waals surface area contributed by atoms with Crippen molar-refractivity contribution in [1.29, 1.82) is 0 Å². The highest BCUT2D eigenvalue weighted by molar-refractivity contribution is 6.30. The number of halogens is 5. The van der Waals surface area contributed by atoms with Crippen LogP contribution in [0.15, 0.2) is 48.5 Å². The summed E-state index contributed by atoms with van der Waals surface area (Å²) in [5, 5.41) is 0.556. The zero-order valence-electron chi connectivity index (χ0n) is 10.2. The van der Waals surface area contributed by atoms with Gasteiger partial charge in [-0.15, -0.1) is 12.4 Å². The SMILES string of the molecule is Cl.NC(c1ccc(Cl)cc1)c1cccc(C(F)(F)F)c1. The number of benzene rings is 2. The Morgan fingerprint density at radius 1 is 0.950 bits per heavy atom. The second-order valence-corrected chi connectivity index (χ2v) is 4.59. The van der Waals surface area contributed by atoms with Gasteiger partial charge >= 0.3 is 6.18 Å². The second kappa shape index (κ2) is 6.48. The summed E-state index contributed by atoms with van der Waals surface area (Å²) in [5.74, 6) is 0. The molecule has 0 saturated carbocycles. The van der Waals surface area contributed by atoms with Gasteiger partial charge in [-0.25, -0.2) is 0 Å². The Hall–Kier alpha value is -1.23. The molecule has 0 heterocycles. The molecule has 6 heteroatoms. The van der Waals surface area contributed by atoms with E-state index in [-0.39, 0.29) is 12.4 Å². The van der Waals surface area contributed by atoms with Gasteiger partial charge in [0.15, 0.2) is 0 Å². The average Bonchev–Trinajstić information content (AvgIpc) is 2.38. The largest absolute Gasteiger partial charge is 0.416 e. The van der Waals surface area contributed by atoms with Gasteiger partial charge in [-0.05, 0) is 35.4 Å². The normalized spacial score (nSPS) is 12.7. The lowest BCUT2D eigenvalue weighted by Gasteiger charge is -2.15. The van der Waals surface area contributed by atoms with E-state index in [1.807, 2.05) is 0 Å². The lowest BCUT2D eigenvalue weighted by molar-refractivity contribution is -0.137. The molecule has 2 aromatic carbocycles. The third-order valence-corrected chi connectivity index (χ3v) is 3.05. The van der Waals surface area contributed by atoms with Gasteiger partial charge < -0.3 is 5.73 Å². The molecule has 0 radical (unpaired) electrons. The van der Waals surface area contributed by atoms with Crippen LogP contribution in [0.4, 0.5) is 13.2 Å². The third kappa shape index (κ3) is 3.88. The van der Waals surface area contributed by atoms with Gasteiger partial charge in [0.05, 0.1) is 11.6 Å². The Labute approximate surface area is 126 Å². The van der Waals surface area contributed by atoms with Crippen LogP contribution in [0.2, 0.25) is 5.02 Å². The van der Waals surface area contributed by atoms with Crippen molar-refractivity contribution in [1.82, 2.24) is 0 Å². The van der Waals surface area contributed by atoms with E-state index in [4.69, 9.17) is 17.3 Å². The van der Waals surface area contributed by atoms with Crippen LogP contribution in [0, 0.1) is 0 Å². The quantitative estimate of drug-likeness (QED) is 0.842. The van der Waals surface area contributed by atoms with Crippen LogP contribution in [-0.4, -0.2) is 0 Å². The zero-order chi connectivity index (χ0) is 14.0. The average molecular weight is 322 g/mol. The summed E-state index contributed by atoms with van der Waals surface area (Å²) in [4.78, 5) is 0. The van der Waals surface area contributed by atoms with Gasteiger partial charge in [-0.3, -0.25) is 0 Å². The highest BCUT2D eigenvalue weighted by atomic mass is 35.5. The fourth-order valence-electron chi connectivity index (χ4n) is 1.77. The topological polar surface area (TPSA) is 26.0 Å². The van der Waals surface area contributed by atoms with Gasteiger partial charge in [0.25, 0.3) is 0 Å². The van der Waals surface area contributed by atoms with Crippen LogP contribution in [0.25, 0.3) is 0 Å². The van der Waals surface area contributed by atoms with Crippen molar-refractivity contribution in [3.8, 4) is 0 Å². The van der Waals surface area contributed by atoms with Crippen molar-refractivity contribution in [2.45, 2.75) is 12.2 Å². The van der Waals surface area contributed by atoms with E-state index in [9.17, 15) is 13.2 Å². The Morgan fingerprint density at radius 2 is 1.55 bits per heavy atom. The Balaban J connectivity index is 0.00000200. The molecular formula is C14H12Cl2F3N. The monoisotopic (exact) mass is 321 g/mol. The highest BCUT2D eigenvalue weighted by Gasteiger charge is 2.30. The molecule has 0 bridgehead atoms. The minimum absolute atomic E-state index is 0. The van der Waals surface area contributed by atoms with E-state index in [1.54, 1.807) is 30.3 Å². The molecule has 0 aliphatic heterocycles. The van der Waals surface area contributed by atoms with Gasteiger partial charge in [0.2, 0.25) is 0 Å². The van der Waals surface area contributed by atoms with Crippen LogP contribution in [-0.2, 0) is 6.18 Å². The first kappa shape index (κ1) is 16.8. The summed E-state index contributed by atoms with van der Waals surface area (Å²) in [6.45, 7) is 0. The summed E-state index contributed by atoms with van der Waals surface area (Å²) in [5.41, 5.74) is 6.39. The maximum absolute atomic E-state index is 12.6. The van der Waals surface area contributed by atoms with Crippen molar-refractivity contribution in [2.75, 3.05) is 0 Å². The minimum Gasteiger partial charge on any atom is -0.320 e. The molecular weight excluding hydrogens is 310 g/mol. The molecule has 2 aromatic rings. The molecule has 108 valence electrons. The lowest BCUT2D eigenvalue weighted by atomic mass is 9.98. The molecule has 0 aliphatic carbocycles. The van der Waals surface area contributed by atoms with E-state index < -0.39 is 17.8 Å². The second-order valence-electron chi connectivity index (χ2n) is 4.15. The molecule has 0 aromatic heterocycles. The third-order valence-electron chi connectivity index (χ3n) is 2.80. The van der Waals surface area contributed by atoms with Gasteiger partial charge in [0.1, 0.15) is 0 Å². The number of rotatable bonds is 2. The summed E-state index contributed by atoms with van der Waals surface area (Å²) in [7, 11) is 0. The lowest BCUT2D eigenvalue weighted by Crippen LogP contribution is -2.13. The Bertz CT molecular complexity index is 567. The molecule has 0 fully saturated rings. The fraction of sp³-hybridized carbons (Fsp3) is 0.143. The molecule has 0 saturated heterocycles. The van der Waals surface area contributed by atoms with Gasteiger partial charge in [-0.2, -0.15) is 13.2 Å². The molecule has 0 aliphatic rings. The highest BCUT2D eigenvalue weighted by Crippen LogP contribution is 2.31. The molecule has 1 nitrogen and oxygen atoms in total. The van der Waals surface area contributed by atoms with E-state index >= 15 is 0 Å². The van der Waals surface area contributed by atoms with Crippen LogP contribution >= 0.6 is 24.0 Å². The van der Waals surface area contributed by atoms with E-state index in [2.05, 4.69) is 0 Å². The number of nitrogens with two attached hydrogens (primary N) is 1. The van der Waals surface area contributed by atoms with Crippen LogP contribution in [0.1, 0.15) is 22.7 Å². The maximum Gasteiger partial charge on any atom is 0.416 e. The van der Waals surface area contributed by atoms with Crippen LogP contribution < -0.4 is 5.73 Å². The summed E-state index contributed by atoms with van der Waals surface area (Å²) < 4.78 is 37.9. The smallest absolute Gasteiger partial charge is 0.320 e. The fourth-order valence-corrected chi connectivity index (χ4v) is 1.90. The number of hydrogen-bond donors (Lipinski definition) is 1. The van der Waals surface area contributed by atoms with Crippen LogP contribution in [0.5, 0.6) is 0 Å². The van der Waals surface area contributed by atoms with Crippen LogP contribution in [0.3, 0.4) is 0 Å². The Kier molecular flexibility index (Phi) is 5.45. The molecule has 20 heavy (non-hydrogen) atoms. The first-order chi connectivity index (χ1) is 8.88. The van der Waals surface area contributed by atoms with Gasteiger partial charge in [-0.1, -0.05) is 35.9 Å². The van der Waals surface area contributed by atoms with E-state index in [1.165, 1.54) is 6.07 Å². The molecule has 0 spiro atoms. The molecule has 0 amide bonds. The predicted molar refractivity (Wildman–Crippen MR) is 76.2 cm³/mol. The van der Waals surface area contributed by atoms with Crippen molar-refractivity contribution in [2.24, 2.45) is 5.73 Å². The summed E-state index contributed by atoms with van der Waals surface area (Å²) in [6.07, 6.45) is -4.37. The standard InChI is InChI=1S/C14H11ClF3N.ClH/c15-12-6-4-9(5-7-12)13(19)10-2-1-3-11(8-10)14(16,17)18;/h1-8,13H,19H2;1H. The summed E-state index contributed by atoms with van der Waals surface area (Å²) in [6, 6.07) is 11.1. The molecule has 2 rings (SSSR count). The van der Waals surface area contributed by atoms with Crippen molar-refractivity contribution < 1.29 is 13.2 Å². The van der Waals surface area contributed by atoms with Crippen molar-refractivity contribution >= 4 is 24.0 Å². The van der Waals surface area contributed by atoms with E-state index in [0.29, 0.717) is 16.1 Å². The number of hydrogen-bond acceptors (Lipinski definition) is 1. The molecule has 1 unspecified atom stereocenters. The van der Waals surface area contributed by atoms with Gasteiger partial charge in [0, 0.05) is 5.02 Å².